The molecule has 1 fully saturated rings. The van der Waals surface area contributed by atoms with E-state index in [0.717, 1.165) is 22.7 Å². The molecule has 2 bridgehead atoms. The SMILES string of the molecule is O=C(Nc1nnc(SCc2c(Cl)cccc2Cl)s1)[C@H]1C[C@H]2C=C[C@H]1C2. The van der Waals surface area contributed by atoms with Gasteiger partial charge in [-0.25, -0.2) is 0 Å². The van der Waals surface area contributed by atoms with Crippen molar-refractivity contribution in [2.75, 3.05) is 5.32 Å². The number of nitrogens with zero attached hydrogens (tertiary/aromatic N) is 2. The Morgan fingerprint density at radius 2 is 2.04 bits per heavy atom. The summed E-state index contributed by atoms with van der Waals surface area (Å²) in [7, 11) is 0. The largest absolute Gasteiger partial charge is 0.300 e. The van der Waals surface area contributed by atoms with Crippen molar-refractivity contribution in [2.24, 2.45) is 17.8 Å². The quantitative estimate of drug-likeness (QED) is 0.412. The van der Waals surface area contributed by atoms with Crippen molar-refractivity contribution in [3.63, 3.8) is 0 Å². The van der Waals surface area contributed by atoms with Crippen LogP contribution >= 0.6 is 46.3 Å². The van der Waals surface area contributed by atoms with Crippen molar-refractivity contribution >= 4 is 57.3 Å². The summed E-state index contributed by atoms with van der Waals surface area (Å²) in [5.41, 5.74) is 0.880. The number of thioether (sulfide) groups is 1. The van der Waals surface area contributed by atoms with Crippen LogP contribution in [0.4, 0.5) is 5.13 Å². The summed E-state index contributed by atoms with van der Waals surface area (Å²) in [4.78, 5) is 12.4. The van der Waals surface area contributed by atoms with Crippen LogP contribution in [0.15, 0.2) is 34.7 Å². The minimum absolute atomic E-state index is 0.0544. The van der Waals surface area contributed by atoms with E-state index in [1.54, 1.807) is 0 Å². The Kier molecular flexibility index (Phi) is 5.04. The average molecular weight is 412 g/mol. The molecule has 4 rings (SSSR count). The molecule has 1 aromatic carbocycles. The first-order chi connectivity index (χ1) is 12.1. The number of benzene rings is 1. The number of anilines is 1. The van der Waals surface area contributed by atoms with Crippen LogP contribution in [0, 0.1) is 17.8 Å². The number of nitrogens with one attached hydrogen (secondary N) is 1. The van der Waals surface area contributed by atoms with Gasteiger partial charge in [0, 0.05) is 21.7 Å². The lowest BCUT2D eigenvalue weighted by Crippen LogP contribution is -2.25. The van der Waals surface area contributed by atoms with Gasteiger partial charge >= 0.3 is 0 Å². The molecule has 1 heterocycles. The van der Waals surface area contributed by atoms with Crippen LogP contribution in [0.1, 0.15) is 18.4 Å². The Labute approximate surface area is 164 Å². The first-order valence-electron chi connectivity index (χ1n) is 7.98. The van der Waals surface area contributed by atoms with Gasteiger partial charge in [0.25, 0.3) is 0 Å². The molecule has 1 saturated carbocycles. The van der Waals surface area contributed by atoms with Crippen molar-refractivity contribution in [1.29, 1.82) is 0 Å². The molecule has 0 radical (unpaired) electrons. The number of hydrogen-bond donors (Lipinski definition) is 1. The molecule has 8 heteroatoms. The van der Waals surface area contributed by atoms with Crippen LogP contribution in [0.3, 0.4) is 0 Å². The summed E-state index contributed by atoms with van der Waals surface area (Å²) in [6, 6.07) is 5.46. The molecule has 25 heavy (non-hydrogen) atoms. The minimum atomic E-state index is 0.0544. The van der Waals surface area contributed by atoms with Gasteiger partial charge in [-0.05, 0) is 42.4 Å². The van der Waals surface area contributed by atoms with Gasteiger partial charge in [0.05, 0.1) is 0 Å². The number of carbonyl (C=O) groups is 1. The lowest BCUT2D eigenvalue weighted by atomic mass is 9.93. The van der Waals surface area contributed by atoms with Crippen LogP contribution in [-0.2, 0) is 10.5 Å². The number of amides is 1. The normalized spacial score (nSPS) is 24.0. The van der Waals surface area contributed by atoms with Crippen molar-refractivity contribution in [3.05, 3.63) is 46.0 Å². The van der Waals surface area contributed by atoms with Gasteiger partial charge < -0.3 is 5.32 Å². The van der Waals surface area contributed by atoms with E-state index < -0.39 is 0 Å². The standard InChI is InChI=1S/C17H15Cl2N3OS2/c18-13-2-1-3-14(19)12(13)8-24-17-22-21-16(25-17)20-15(23)11-7-9-4-5-10(11)6-9/h1-5,9-11H,6-8H2,(H,20,21,23)/t9-,10-,11-/m0/s1. The molecule has 0 spiro atoms. The van der Waals surface area contributed by atoms with Gasteiger partial charge in [-0.15, -0.1) is 10.2 Å². The van der Waals surface area contributed by atoms with E-state index in [0.29, 0.717) is 32.8 Å². The second-order valence-corrected chi connectivity index (χ2v) is 9.25. The second kappa shape index (κ2) is 7.27. The molecule has 2 aromatic rings. The Morgan fingerprint density at radius 3 is 2.72 bits per heavy atom. The highest BCUT2D eigenvalue weighted by atomic mass is 35.5. The van der Waals surface area contributed by atoms with E-state index in [1.165, 1.54) is 23.1 Å². The van der Waals surface area contributed by atoms with Gasteiger partial charge in [0.2, 0.25) is 11.0 Å². The molecule has 0 saturated heterocycles. The lowest BCUT2D eigenvalue weighted by molar-refractivity contribution is -0.120. The predicted octanol–water partition coefficient (Wildman–Crippen LogP) is 5.29. The third-order valence-electron chi connectivity index (χ3n) is 4.65. The van der Waals surface area contributed by atoms with Crippen molar-refractivity contribution < 1.29 is 4.79 Å². The summed E-state index contributed by atoms with van der Waals surface area (Å²) < 4.78 is 0.777. The second-order valence-electron chi connectivity index (χ2n) is 6.24. The number of allylic oxidation sites excluding steroid dienone is 2. The Hall–Kier alpha value is -1.08. The number of fused-ring (bicyclic) bond motifs is 2. The monoisotopic (exact) mass is 411 g/mol. The fraction of sp³-hybridized carbons (Fsp3) is 0.353. The minimum Gasteiger partial charge on any atom is -0.300 e. The molecule has 2 aliphatic rings. The van der Waals surface area contributed by atoms with Crippen molar-refractivity contribution in [1.82, 2.24) is 10.2 Å². The fourth-order valence-electron chi connectivity index (χ4n) is 3.40. The Bertz CT molecular complexity index is 819. The van der Waals surface area contributed by atoms with Gasteiger partial charge in [0.1, 0.15) is 0 Å². The van der Waals surface area contributed by atoms with E-state index in [4.69, 9.17) is 23.2 Å². The van der Waals surface area contributed by atoms with Gasteiger partial charge in [-0.2, -0.15) is 0 Å². The average Bonchev–Trinajstić information content (AvgIpc) is 3.31. The topological polar surface area (TPSA) is 54.9 Å². The Balaban J connectivity index is 1.36. The van der Waals surface area contributed by atoms with Gasteiger partial charge in [-0.3, -0.25) is 4.79 Å². The molecular weight excluding hydrogens is 397 g/mol. The van der Waals surface area contributed by atoms with Crippen LogP contribution in [0.25, 0.3) is 0 Å². The number of halogens is 2. The third-order valence-corrected chi connectivity index (χ3v) is 7.36. The number of aromatic nitrogens is 2. The molecule has 130 valence electrons. The summed E-state index contributed by atoms with van der Waals surface area (Å²) in [6.45, 7) is 0. The fourth-order valence-corrected chi connectivity index (χ4v) is 5.90. The van der Waals surface area contributed by atoms with E-state index >= 15 is 0 Å². The molecular formula is C17H15Cl2N3OS2. The zero-order chi connectivity index (χ0) is 17.4. The zero-order valence-electron chi connectivity index (χ0n) is 13.1. The maximum atomic E-state index is 12.4. The maximum Gasteiger partial charge on any atom is 0.229 e. The number of rotatable bonds is 5. The summed E-state index contributed by atoms with van der Waals surface area (Å²) in [5, 5.41) is 13.0. The highest BCUT2D eigenvalue weighted by molar-refractivity contribution is 8.00. The molecule has 0 aliphatic heterocycles. The van der Waals surface area contributed by atoms with E-state index in [-0.39, 0.29) is 11.8 Å². The van der Waals surface area contributed by atoms with Crippen LogP contribution in [0.5, 0.6) is 0 Å². The lowest BCUT2D eigenvalue weighted by Gasteiger charge is -2.16. The molecule has 1 amide bonds. The molecule has 0 unspecified atom stereocenters. The predicted molar refractivity (Wildman–Crippen MR) is 103 cm³/mol. The smallest absolute Gasteiger partial charge is 0.229 e. The summed E-state index contributed by atoms with van der Waals surface area (Å²) >= 11 is 15.2. The van der Waals surface area contributed by atoms with E-state index in [1.807, 2.05) is 18.2 Å². The highest BCUT2D eigenvalue weighted by Gasteiger charge is 2.40. The van der Waals surface area contributed by atoms with Crippen LogP contribution in [-0.4, -0.2) is 16.1 Å². The highest BCUT2D eigenvalue weighted by Crippen LogP contribution is 2.44. The first-order valence-corrected chi connectivity index (χ1v) is 10.5. The Morgan fingerprint density at radius 1 is 1.24 bits per heavy atom. The van der Waals surface area contributed by atoms with Crippen molar-refractivity contribution in [2.45, 2.75) is 22.9 Å². The molecule has 4 nitrogen and oxygen atoms in total. The molecule has 1 aromatic heterocycles. The maximum absolute atomic E-state index is 12.4. The van der Waals surface area contributed by atoms with Gasteiger partial charge in [0.15, 0.2) is 4.34 Å². The molecule has 1 N–H and O–H groups in total. The number of carbonyl (C=O) groups excluding carboxylic acids is 1. The molecule has 3 atom stereocenters. The van der Waals surface area contributed by atoms with Crippen molar-refractivity contribution in [3.8, 4) is 0 Å². The van der Waals surface area contributed by atoms with Gasteiger partial charge in [-0.1, -0.05) is 64.5 Å². The summed E-state index contributed by atoms with van der Waals surface area (Å²) in [6.07, 6.45) is 6.45. The number of hydrogen-bond acceptors (Lipinski definition) is 5. The van der Waals surface area contributed by atoms with Crippen LogP contribution < -0.4 is 5.32 Å². The van der Waals surface area contributed by atoms with Crippen LogP contribution in [0.2, 0.25) is 10.0 Å². The zero-order valence-corrected chi connectivity index (χ0v) is 16.3. The summed E-state index contributed by atoms with van der Waals surface area (Å²) in [5.74, 6) is 1.68. The van der Waals surface area contributed by atoms with E-state index in [2.05, 4.69) is 27.7 Å². The third kappa shape index (κ3) is 3.72. The molecule has 2 aliphatic carbocycles. The first kappa shape index (κ1) is 17.3. The van der Waals surface area contributed by atoms with E-state index in [9.17, 15) is 4.79 Å².